The summed E-state index contributed by atoms with van der Waals surface area (Å²) in [4.78, 5) is 22.4. The smallest absolute Gasteiger partial charge is 0.360 e. The van der Waals surface area contributed by atoms with Crippen LogP contribution in [0.2, 0.25) is 0 Å². The van der Waals surface area contributed by atoms with Gasteiger partial charge in [-0.05, 0) is 50.0 Å². The molecule has 6 heteroatoms. The Morgan fingerprint density at radius 2 is 1.83 bits per heavy atom. The van der Waals surface area contributed by atoms with Crippen molar-refractivity contribution in [2.24, 2.45) is 10.3 Å². The van der Waals surface area contributed by atoms with Crippen molar-refractivity contribution in [3.05, 3.63) is 70.3 Å². The first-order chi connectivity index (χ1) is 14.0. The maximum absolute atomic E-state index is 12.1. The van der Waals surface area contributed by atoms with Crippen LogP contribution in [0.5, 0.6) is 0 Å². The maximum Gasteiger partial charge on any atom is 0.360 e. The molecule has 0 bridgehead atoms. The van der Waals surface area contributed by atoms with Crippen molar-refractivity contribution in [2.75, 3.05) is 14.2 Å². The average molecular weight is 392 g/mol. The first-order valence-electron chi connectivity index (χ1n) is 8.99. The van der Waals surface area contributed by atoms with Crippen molar-refractivity contribution in [3.63, 3.8) is 0 Å². The van der Waals surface area contributed by atoms with Gasteiger partial charge in [0.25, 0.3) is 0 Å². The van der Waals surface area contributed by atoms with Gasteiger partial charge in [0.15, 0.2) is 5.71 Å². The molecule has 0 amide bonds. The van der Waals surface area contributed by atoms with Crippen molar-refractivity contribution in [3.8, 4) is 11.8 Å². The molecule has 0 heterocycles. The largest absolute Gasteiger partial charge is 0.464 e. The molecule has 0 spiro atoms. The van der Waals surface area contributed by atoms with E-state index < -0.39 is 5.97 Å². The van der Waals surface area contributed by atoms with Crippen LogP contribution in [0.15, 0.2) is 52.8 Å². The molecule has 6 nitrogen and oxygen atoms in total. The zero-order valence-corrected chi connectivity index (χ0v) is 17.3. The van der Waals surface area contributed by atoms with Gasteiger partial charge in [0, 0.05) is 16.7 Å². The Morgan fingerprint density at radius 3 is 2.52 bits per heavy atom. The number of rotatable bonds is 6. The van der Waals surface area contributed by atoms with Gasteiger partial charge in [0.05, 0.1) is 7.11 Å². The fraction of sp³-hybridized carbons (Fsp3) is 0.261. The zero-order chi connectivity index (χ0) is 21.2. The van der Waals surface area contributed by atoms with E-state index >= 15 is 0 Å². The lowest BCUT2D eigenvalue weighted by Gasteiger charge is -2.12. The van der Waals surface area contributed by atoms with Gasteiger partial charge >= 0.3 is 5.97 Å². The quantitative estimate of drug-likeness (QED) is 0.325. The fourth-order valence-corrected chi connectivity index (χ4v) is 2.60. The highest BCUT2D eigenvalue weighted by molar-refractivity contribution is 6.43. The Bertz CT molecular complexity index is 997. The molecule has 0 radical (unpaired) electrons. The van der Waals surface area contributed by atoms with E-state index in [1.54, 1.807) is 13.0 Å². The number of carbonyl (C=O) groups excluding carboxylic acids is 1. The van der Waals surface area contributed by atoms with E-state index in [0.29, 0.717) is 11.3 Å². The number of aryl methyl sites for hydroxylation is 2. The molecular formula is C23H24N2O4. The molecule has 150 valence electrons. The summed E-state index contributed by atoms with van der Waals surface area (Å²) in [6, 6.07) is 13.4. The Hall–Kier alpha value is -3.59. The maximum atomic E-state index is 12.1. The second-order valence-electron chi connectivity index (χ2n) is 6.28. The van der Waals surface area contributed by atoms with Crippen molar-refractivity contribution >= 4 is 17.4 Å². The van der Waals surface area contributed by atoms with Crippen LogP contribution in [-0.4, -0.2) is 31.6 Å². The lowest BCUT2D eigenvalue weighted by molar-refractivity contribution is -0.132. The molecular weight excluding hydrogens is 368 g/mol. The first-order valence-corrected chi connectivity index (χ1v) is 8.99. The lowest BCUT2D eigenvalue weighted by atomic mass is 9.99. The SMILES string of the molecule is CO/N=C(/C(=O)OC)c1cccc(C)c1CO/N=C(\C)C#Cc1cccc(C)c1. The van der Waals surface area contributed by atoms with Crippen LogP contribution in [0.4, 0.5) is 0 Å². The molecule has 0 aromatic heterocycles. The first kappa shape index (κ1) is 21.7. The number of esters is 1. The summed E-state index contributed by atoms with van der Waals surface area (Å²) in [5.41, 5.74) is 4.92. The summed E-state index contributed by atoms with van der Waals surface area (Å²) < 4.78 is 4.80. The minimum absolute atomic E-state index is 0.0669. The number of carbonyl (C=O) groups is 1. The predicted molar refractivity (Wildman–Crippen MR) is 113 cm³/mol. The highest BCUT2D eigenvalue weighted by atomic mass is 16.6. The second kappa shape index (κ2) is 10.7. The van der Waals surface area contributed by atoms with E-state index in [1.807, 2.05) is 50.2 Å². The van der Waals surface area contributed by atoms with E-state index in [9.17, 15) is 4.79 Å². The number of hydrogen-bond donors (Lipinski definition) is 0. The average Bonchev–Trinajstić information content (AvgIpc) is 2.71. The number of ether oxygens (including phenoxy) is 1. The molecule has 0 unspecified atom stereocenters. The van der Waals surface area contributed by atoms with Crippen molar-refractivity contribution in [2.45, 2.75) is 27.4 Å². The molecule has 2 aromatic carbocycles. The summed E-state index contributed by atoms with van der Waals surface area (Å²) in [6.45, 7) is 5.85. The molecule has 0 aliphatic heterocycles. The Balaban J connectivity index is 2.19. The molecule has 29 heavy (non-hydrogen) atoms. The van der Waals surface area contributed by atoms with Gasteiger partial charge in [-0.25, -0.2) is 4.79 Å². The fourth-order valence-electron chi connectivity index (χ4n) is 2.60. The highest BCUT2D eigenvalue weighted by Gasteiger charge is 2.20. The van der Waals surface area contributed by atoms with Gasteiger partial charge in [-0.15, -0.1) is 0 Å². The summed E-state index contributed by atoms with van der Waals surface area (Å²) in [5, 5.41) is 7.87. The number of benzene rings is 2. The van der Waals surface area contributed by atoms with Crippen molar-refractivity contribution < 1.29 is 19.2 Å². The number of methoxy groups -OCH3 is 1. The molecule has 2 rings (SSSR count). The van der Waals surface area contributed by atoms with Crippen molar-refractivity contribution in [1.82, 2.24) is 0 Å². The minimum Gasteiger partial charge on any atom is -0.464 e. The molecule has 0 aliphatic carbocycles. The van der Waals surface area contributed by atoms with Crippen LogP contribution in [0.1, 0.15) is 34.7 Å². The van der Waals surface area contributed by atoms with E-state index in [1.165, 1.54) is 14.2 Å². The van der Waals surface area contributed by atoms with Crippen LogP contribution >= 0.6 is 0 Å². The van der Waals surface area contributed by atoms with E-state index in [2.05, 4.69) is 22.2 Å². The van der Waals surface area contributed by atoms with Crippen LogP contribution < -0.4 is 0 Å². The van der Waals surface area contributed by atoms with E-state index in [-0.39, 0.29) is 12.3 Å². The molecule has 0 N–H and O–H groups in total. The zero-order valence-electron chi connectivity index (χ0n) is 17.3. The number of hydrogen-bond acceptors (Lipinski definition) is 6. The monoisotopic (exact) mass is 392 g/mol. The van der Waals surface area contributed by atoms with Gasteiger partial charge in [0.2, 0.25) is 0 Å². The molecule has 0 saturated carbocycles. The van der Waals surface area contributed by atoms with Gasteiger partial charge in [0.1, 0.15) is 19.4 Å². The van der Waals surface area contributed by atoms with E-state index in [0.717, 1.165) is 22.3 Å². The predicted octanol–water partition coefficient (Wildman–Crippen LogP) is 3.77. The molecule has 0 atom stereocenters. The van der Waals surface area contributed by atoms with Gasteiger partial charge in [-0.1, -0.05) is 46.6 Å². The van der Waals surface area contributed by atoms with Crippen LogP contribution in [0.3, 0.4) is 0 Å². The Morgan fingerprint density at radius 1 is 1.07 bits per heavy atom. The lowest BCUT2D eigenvalue weighted by Crippen LogP contribution is -2.20. The number of nitrogens with zero attached hydrogens (tertiary/aromatic N) is 2. The topological polar surface area (TPSA) is 69.5 Å². The molecule has 0 fully saturated rings. The molecule has 2 aromatic rings. The third-order valence-electron chi connectivity index (χ3n) is 4.04. The summed E-state index contributed by atoms with van der Waals surface area (Å²) in [5.74, 6) is 5.43. The van der Waals surface area contributed by atoms with E-state index in [4.69, 9.17) is 14.4 Å². The second-order valence-corrected chi connectivity index (χ2v) is 6.28. The molecule has 0 saturated heterocycles. The third kappa shape index (κ3) is 6.22. The van der Waals surface area contributed by atoms with Gasteiger partial charge in [-0.2, -0.15) is 0 Å². The van der Waals surface area contributed by atoms with Crippen LogP contribution in [0.25, 0.3) is 0 Å². The van der Waals surface area contributed by atoms with Crippen molar-refractivity contribution in [1.29, 1.82) is 0 Å². The summed E-state index contributed by atoms with van der Waals surface area (Å²) in [6.07, 6.45) is 0. The molecule has 0 aliphatic rings. The standard InChI is InChI=1S/C23H24N2O4/c1-16-8-6-10-19(14-16)13-12-18(3)24-29-15-21-17(2)9-7-11-20(21)22(25-28-5)23(26)27-4/h6-11,14H,15H2,1-5H3/b24-18+,25-22+. The Kier molecular flexibility index (Phi) is 7.99. The van der Waals surface area contributed by atoms with Crippen LogP contribution in [0, 0.1) is 25.7 Å². The summed E-state index contributed by atoms with van der Waals surface area (Å²) >= 11 is 0. The minimum atomic E-state index is -0.595. The third-order valence-corrected chi connectivity index (χ3v) is 4.04. The highest BCUT2D eigenvalue weighted by Crippen LogP contribution is 2.18. The van der Waals surface area contributed by atoms with Gasteiger partial charge < -0.3 is 14.4 Å². The Labute approximate surface area is 171 Å². The van der Waals surface area contributed by atoms with Gasteiger partial charge in [-0.3, -0.25) is 0 Å². The summed E-state index contributed by atoms with van der Waals surface area (Å²) in [7, 11) is 2.66. The number of oxime groups is 2. The normalized spacial score (nSPS) is 11.3. The van der Waals surface area contributed by atoms with Crippen LogP contribution in [-0.2, 0) is 25.8 Å².